The minimum absolute atomic E-state index is 0.000606. The number of rotatable bonds is 8. The number of nitrogens with one attached hydrogen (secondary N) is 3. The van der Waals surface area contributed by atoms with Crippen molar-refractivity contribution in [2.45, 2.75) is 26.3 Å². The van der Waals surface area contributed by atoms with Gasteiger partial charge in [0.05, 0.1) is 24.3 Å². The van der Waals surface area contributed by atoms with Gasteiger partial charge in [0.15, 0.2) is 5.82 Å². The molecular formula is C37H43N8O4+. The van der Waals surface area contributed by atoms with Crippen LogP contribution in [0.5, 0.6) is 0 Å². The minimum atomic E-state index is -0.403. The first-order valence-electron chi connectivity index (χ1n) is 16.4. The van der Waals surface area contributed by atoms with Gasteiger partial charge in [-0.25, -0.2) is 14.8 Å². The molecule has 0 bridgehead atoms. The van der Waals surface area contributed by atoms with Gasteiger partial charge in [0.2, 0.25) is 5.76 Å². The first-order valence-corrected chi connectivity index (χ1v) is 16.4. The zero-order chi connectivity index (χ0) is 34.7. The summed E-state index contributed by atoms with van der Waals surface area (Å²) in [5, 5.41) is 23.0. The van der Waals surface area contributed by atoms with Crippen LogP contribution in [-0.2, 0) is 4.74 Å². The maximum absolute atomic E-state index is 12.9. The highest BCUT2D eigenvalue weighted by Gasteiger charge is 2.28. The van der Waals surface area contributed by atoms with Crippen molar-refractivity contribution in [3.8, 4) is 11.4 Å². The van der Waals surface area contributed by atoms with E-state index in [0.717, 1.165) is 40.8 Å². The number of amides is 3. The highest BCUT2D eigenvalue weighted by molar-refractivity contribution is 6.22. The largest absolute Gasteiger partial charge is 0.596 e. The molecule has 0 radical (unpaired) electrons. The maximum atomic E-state index is 12.9. The number of morpholine rings is 1. The number of fused-ring (bicyclic) bond motifs is 1. The average molecular weight is 664 g/mol. The topological polar surface area (TPSA) is 150 Å². The monoisotopic (exact) mass is 663 g/mol. The Balaban J connectivity index is 1.17. The molecule has 0 aliphatic carbocycles. The molecule has 3 amide bonds. The molecule has 2 aliphatic rings. The molecule has 0 saturated carbocycles. The van der Waals surface area contributed by atoms with Gasteiger partial charge in [-0.2, -0.15) is 0 Å². The number of hydrogen-bond acceptors (Lipinski definition) is 8. The zero-order valence-corrected chi connectivity index (χ0v) is 28.3. The van der Waals surface area contributed by atoms with E-state index in [1.54, 1.807) is 50.2 Å². The van der Waals surface area contributed by atoms with E-state index in [9.17, 15) is 9.59 Å². The van der Waals surface area contributed by atoms with Crippen molar-refractivity contribution in [2.75, 3.05) is 69.0 Å². The van der Waals surface area contributed by atoms with Gasteiger partial charge in [-0.05, 0) is 93.7 Å². The van der Waals surface area contributed by atoms with E-state index >= 15 is 0 Å². The average Bonchev–Trinajstić information content (AvgIpc) is 3.59. The van der Waals surface area contributed by atoms with Gasteiger partial charge in [-0.3, -0.25) is 4.79 Å². The molecule has 0 spiro atoms. The Hall–Kier alpha value is -5.33. The molecule has 1 aromatic heterocycles. The second-order valence-electron chi connectivity index (χ2n) is 12.7. The fourth-order valence-electron chi connectivity index (χ4n) is 6.35. The molecule has 4 aromatic rings. The third-order valence-electron chi connectivity index (χ3n) is 9.00. The van der Waals surface area contributed by atoms with Crippen molar-refractivity contribution in [2.24, 2.45) is 0 Å². The van der Waals surface area contributed by atoms with Crippen LogP contribution in [0.15, 0.2) is 72.5 Å². The lowest BCUT2D eigenvalue weighted by molar-refractivity contribution is 0.0783. The molecule has 3 aromatic carbocycles. The molecule has 12 nitrogen and oxygen atoms in total. The van der Waals surface area contributed by atoms with Crippen LogP contribution in [0.3, 0.4) is 0 Å². The van der Waals surface area contributed by atoms with Crippen LogP contribution in [0.4, 0.5) is 22.0 Å². The van der Waals surface area contributed by atoms with Crippen molar-refractivity contribution in [1.82, 2.24) is 19.8 Å². The normalized spacial score (nSPS) is 16.9. The van der Waals surface area contributed by atoms with Crippen molar-refractivity contribution in [1.29, 1.82) is 5.41 Å². The van der Waals surface area contributed by atoms with Gasteiger partial charge in [0, 0.05) is 72.7 Å². The maximum Gasteiger partial charge on any atom is 0.323 e. The minimum Gasteiger partial charge on any atom is -0.596 e. The summed E-state index contributed by atoms with van der Waals surface area (Å²) in [6.07, 6.45) is 0.961. The predicted octanol–water partition coefficient (Wildman–Crippen LogP) is 5.05. The second kappa shape index (κ2) is 14.4. The van der Waals surface area contributed by atoms with Gasteiger partial charge in [-0.1, -0.05) is 6.07 Å². The number of carbonyl (C=O) groups is 2. The van der Waals surface area contributed by atoms with Crippen LogP contribution in [0.2, 0.25) is 0 Å². The summed E-state index contributed by atoms with van der Waals surface area (Å²) in [6, 6.07) is 20.1. The van der Waals surface area contributed by atoms with Crippen LogP contribution >= 0.6 is 0 Å². The summed E-state index contributed by atoms with van der Waals surface area (Å²) >= 11 is 0. The fourth-order valence-corrected chi connectivity index (χ4v) is 6.35. The molecule has 5 N–H and O–H groups in total. The Morgan fingerprint density at radius 3 is 2.12 bits per heavy atom. The van der Waals surface area contributed by atoms with Gasteiger partial charge in [0.25, 0.3) is 5.91 Å². The fraction of sp³-hybridized carbons (Fsp3) is 0.324. The summed E-state index contributed by atoms with van der Waals surface area (Å²) in [5.41, 5.74) is 4.93. The van der Waals surface area contributed by atoms with E-state index in [2.05, 4.69) is 20.4 Å². The Bertz CT molecular complexity index is 1900. The predicted molar refractivity (Wildman–Crippen MR) is 195 cm³/mol. The van der Waals surface area contributed by atoms with Gasteiger partial charge < -0.3 is 40.6 Å². The summed E-state index contributed by atoms with van der Waals surface area (Å²) in [4.78, 5) is 41.9. The Labute approximate surface area is 285 Å². The number of allylic oxidation sites excluding steroid dienone is 2. The van der Waals surface area contributed by atoms with E-state index in [1.807, 2.05) is 49.3 Å². The van der Waals surface area contributed by atoms with Crippen molar-refractivity contribution in [3.63, 3.8) is 0 Å². The Morgan fingerprint density at radius 1 is 0.898 bits per heavy atom. The first kappa shape index (κ1) is 33.6. The SMILES string of the molecule is CC(=N)/C(=C(/C)[OH2+])c1ccc2c(N3CCOCC3)nc(-c3ccc(NC(=O)Nc4ccc(C(=O)N5CCC(N(C)C)C5)cc4)cc3)nc2c1. The number of carbonyl (C=O) groups excluding carboxylic acids is 2. The van der Waals surface area contributed by atoms with Crippen LogP contribution in [0.1, 0.15) is 36.2 Å². The van der Waals surface area contributed by atoms with Crippen LogP contribution in [-0.4, -0.2) is 102 Å². The molecule has 1 unspecified atom stereocenters. The number of anilines is 3. The number of aromatic nitrogens is 2. The van der Waals surface area contributed by atoms with Crippen molar-refractivity contribution < 1.29 is 19.4 Å². The van der Waals surface area contributed by atoms with Crippen LogP contribution in [0, 0.1) is 5.41 Å². The summed E-state index contributed by atoms with van der Waals surface area (Å²) in [7, 11) is 4.07. The van der Waals surface area contributed by atoms with E-state index in [0.29, 0.717) is 78.7 Å². The second-order valence-corrected chi connectivity index (χ2v) is 12.7. The number of hydrogen-bond donors (Lipinski definition) is 3. The van der Waals surface area contributed by atoms with Crippen LogP contribution < -0.4 is 15.5 Å². The highest BCUT2D eigenvalue weighted by Crippen LogP contribution is 2.32. The number of likely N-dealkylation sites (N-methyl/N-ethyl adjacent to an activating group) is 1. The third-order valence-corrected chi connectivity index (χ3v) is 9.00. The lowest BCUT2D eigenvalue weighted by Gasteiger charge is -2.29. The van der Waals surface area contributed by atoms with E-state index < -0.39 is 6.03 Å². The molecule has 1 atom stereocenters. The number of ether oxygens (including phenoxy) is 1. The standard InChI is InChI=1S/C37H42N8O4/c1-23(38)33(24(2)46)27-9-14-31-32(21-27)41-34(42-35(31)44-17-19-49-20-18-44)25-5-10-28(11-6-25)39-37(48)40-29-12-7-26(8-13-29)36(47)45-16-15-30(22-45)43(3)4/h5-14,21,30,38,46H,15-20,22H2,1-4H3,(H2,39,40,48)/p+1/b33-24+,38-23?. The lowest BCUT2D eigenvalue weighted by atomic mass is 9.99. The molecule has 254 valence electrons. The molecule has 6 rings (SSSR count). The van der Waals surface area contributed by atoms with E-state index in [1.165, 1.54) is 0 Å². The van der Waals surface area contributed by atoms with E-state index in [-0.39, 0.29) is 5.91 Å². The molecule has 12 heteroatoms. The summed E-state index contributed by atoms with van der Waals surface area (Å²) < 4.78 is 5.59. The summed E-state index contributed by atoms with van der Waals surface area (Å²) in [5.74, 6) is 1.66. The van der Waals surface area contributed by atoms with Gasteiger partial charge >= 0.3 is 6.03 Å². The smallest absolute Gasteiger partial charge is 0.323 e. The first-order chi connectivity index (χ1) is 23.6. The Morgan fingerprint density at radius 2 is 1.53 bits per heavy atom. The summed E-state index contributed by atoms with van der Waals surface area (Å²) in [6.45, 7) is 7.45. The molecule has 2 aliphatic heterocycles. The molecule has 3 heterocycles. The van der Waals surface area contributed by atoms with Crippen molar-refractivity contribution >= 4 is 51.3 Å². The Kier molecular flexibility index (Phi) is 9.88. The number of benzene rings is 3. The highest BCUT2D eigenvalue weighted by atomic mass is 16.5. The molecule has 2 fully saturated rings. The van der Waals surface area contributed by atoms with E-state index in [4.69, 9.17) is 25.2 Å². The lowest BCUT2D eigenvalue weighted by Crippen LogP contribution is -2.37. The molecular weight excluding hydrogens is 620 g/mol. The van der Waals surface area contributed by atoms with Gasteiger partial charge in [-0.15, -0.1) is 0 Å². The van der Waals surface area contributed by atoms with Crippen molar-refractivity contribution in [3.05, 3.63) is 83.6 Å². The molecule has 2 saturated heterocycles. The number of urea groups is 1. The third kappa shape index (κ3) is 7.55. The molecule has 49 heavy (non-hydrogen) atoms. The van der Waals surface area contributed by atoms with Crippen LogP contribution in [0.25, 0.3) is 27.9 Å². The number of likely N-dealkylation sites (tertiary alicyclic amines) is 1. The number of nitrogens with zero attached hydrogens (tertiary/aromatic N) is 5. The zero-order valence-electron chi connectivity index (χ0n) is 28.3. The van der Waals surface area contributed by atoms with Gasteiger partial charge in [0.1, 0.15) is 5.82 Å². The quantitative estimate of drug-likeness (QED) is 0.136.